The predicted octanol–water partition coefficient (Wildman–Crippen LogP) is 0.888. The number of aromatic amines is 1. The van der Waals surface area contributed by atoms with Gasteiger partial charge in [0.05, 0.1) is 17.3 Å². The molecule has 3 N–H and O–H groups in total. The first-order valence-electron chi connectivity index (χ1n) is 4.48. The van der Waals surface area contributed by atoms with Crippen molar-refractivity contribution in [2.24, 2.45) is 0 Å². The van der Waals surface area contributed by atoms with E-state index in [1.165, 1.54) is 24.3 Å². The van der Waals surface area contributed by atoms with Gasteiger partial charge in [-0.25, -0.2) is 9.59 Å². The molecule has 0 radical (unpaired) electrons. The van der Waals surface area contributed by atoms with Crippen molar-refractivity contribution in [2.45, 2.75) is 0 Å². The first kappa shape index (κ1) is 12.4. The number of carboxylic acids is 2. The standard InChI is InChI=1S/C8H6O4.C2H3N3/c9-7(10)5-1-2-6(4-3-5)8(11)12;1-2-4-5-3-1/h1-4H,(H,9,10)(H,11,12);1-2H,(H,3,4,5). The molecule has 1 heterocycles. The molecule has 0 unspecified atom stereocenters. The monoisotopic (exact) mass is 235 g/mol. The van der Waals surface area contributed by atoms with Crippen molar-refractivity contribution in [3.05, 3.63) is 47.8 Å². The number of rotatable bonds is 2. The summed E-state index contributed by atoms with van der Waals surface area (Å²) in [5, 5.41) is 26.2. The second-order valence-electron chi connectivity index (χ2n) is 2.85. The quantitative estimate of drug-likeness (QED) is 0.711. The molecular formula is C10H9N3O4. The minimum absolute atomic E-state index is 0.0833. The predicted molar refractivity (Wildman–Crippen MR) is 56.7 cm³/mol. The van der Waals surface area contributed by atoms with E-state index in [0.717, 1.165) is 0 Å². The van der Waals surface area contributed by atoms with Gasteiger partial charge in [0, 0.05) is 6.20 Å². The Labute approximate surface area is 95.7 Å². The summed E-state index contributed by atoms with van der Waals surface area (Å²) in [7, 11) is 0. The molecule has 0 bridgehead atoms. The molecule has 7 nitrogen and oxygen atoms in total. The van der Waals surface area contributed by atoms with Gasteiger partial charge in [-0.15, -0.1) is 5.10 Å². The van der Waals surface area contributed by atoms with Gasteiger partial charge in [0.15, 0.2) is 0 Å². The molecule has 0 fully saturated rings. The second kappa shape index (κ2) is 6.01. The number of benzene rings is 1. The summed E-state index contributed by atoms with van der Waals surface area (Å²) in [5.41, 5.74) is 0.167. The Kier molecular flexibility index (Phi) is 4.37. The molecule has 1 aromatic carbocycles. The molecule has 88 valence electrons. The highest BCUT2D eigenvalue weighted by molar-refractivity contribution is 5.91. The Morgan fingerprint density at radius 2 is 1.47 bits per heavy atom. The molecule has 0 saturated heterocycles. The zero-order valence-corrected chi connectivity index (χ0v) is 8.57. The van der Waals surface area contributed by atoms with E-state index in [4.69, 9.17) is 10.2 Å². The average Bonchev–Trinajstić information content (AvgIpc) is 2.87. The summed E-state index contributed by atoms with van der Waals surface area (Å²) in [6.45, 7) is 0. The van der Waals surface area contributed by atoms with Gasteiger partial charge in [0.1, 0.15) is 0 Å². The molecule has 0 aliphatic carbocycles. The number of nitrogens with one attached hydrogen (secondary N) is 1. The number of hydrogen-bond acceptors (Lipinski definition) is 4. The van der Waals surface area contributed by atoms with Gasteiger partial charge in [0.2, 0.25) is 0 Å². The molecule has 17 heavy (non-hydrogen) atoms. The highest BCUT2D eigenvalue weighted by Crippen LogP contribution is 2.03. The average molecular weight is 235 g/mol. The lowest BCUT2D eigenvalue weighted by atomic mass is 10.1. The van der Waals surface area contributed by atoms with E-state index < -0.39 is 11.9 Å². The van der Waals surface area contributed by atoms with Crippen LogP contribution >= 0.6 is 0 Å². The minimum Gasteiger partial charge on any atom is -0.478 e. The van der Waals surface area contributed by atoms with Crippen molar-refractivity contribution < 1.29 is 19.8 Å². The lowest BCUT2D eigenvalue weighted by molar-refractivity contribution is 0.0681. The number of carboxylic acid groups (broad SMARTS) is 2. The molecular weight excluding hydrogens is 226 g/mol. The number of aromatic carboxylic acids is 2. The van der Waals surface area contributed by atoms with Crippen molar-refractivity contribution in [3.8, 4) is 0 Å². The van der Waals surface area contributed by atoms with Gasteiger partial charge >= 0.3 is 11.9 Å². The second-order valence-corrected chi connectivity index (χ2v) is 2.85. The van der Waals surface area contributed by atoms with Crippen molar-refractivity contribution in [3.63, 3.8) is 0 Å². The Balaban J connectivity index is 0.000000239. The van der Waals surface area contributed by atoms with Crippen LogP contribution in [0.1, 0.15) is 20.7 Å². The number of H-pyrrole nitrogens is 1. The smallest absolute Gasteiger partial charge is 0.335 e. The Morgan fingerprint density at radius 1 is 1.00 bits per heavy atom. The Morgan fingerprint density at radius 3 is 1.65 bits per heavy atom. The fraction of sp³-hybridized carbons (Fsp3) is 0. The summed E-state index contributed by atoms with van der Waals surface area (Å²) in [5.74, 6) is -2.13. The van der Waals surface area contributed by atoms with E-state index in [1.807, 2.05) is 0 Å². The number of aromatic nitrogens is 3. The topological polar surface area (TPSA) is 116 Å². The van der Waals surface area contributed by atoms with Crippen molar-refractivity contribution in [1.29, 1.82) is 0 Å². The molecule has 0 aliphatic rings. The number of nitrogens with zero attached hydrogens (tertiary/aromatic N) is 2. The van der Waals surface area contributed by atoms with Gasteiger partial charge < -0.3 is 10.2 Å². The van der Waals surface area contributed by atoms with Crippen molar-refractivity contribution >= 4 is 11.9 Å². The highest BCUT2D eigenvalue weighted by atomic mass is 16.4. The maximum atomic E-state index is 10.3. The third-order valence-corrected chi connectivity index (χ3v) is 1.71. The summed E-state index contributed by atoms with van der Waals surface area (Å²) in [4.78, 5) is 20.7. The molecule has 0 aliphatic heterocycles. The zero-order chi connectivity index (χ0) is 12.7. The Bertz CT molecular complexity index is 429. The number of carbonyl (C=O) groups is 2. The fourth-order valence-corrected chi connectivity index (χ4v) is 0.922. The molecule has 1 aromatic heterocycles. The minimum atomic E-state index is -1.06. The van der Waals surface area contributed by atoms with Crippen LogP contribution in [-0.2, 0) is 0 Å². The summed E-state index contributed by atoms with van der Waals surface area (Å²) >= 11 is 0. The van der Waals surface area contributed by atoms with Crippen LogP contribution in [0.5, 0.6) is 0 Å². The van der Waals surface area contributed by atoms with Crippen LogP contribution in [0.3, 0.4) is 0 Å². The third kappa shape index (κ3) is 4.12. The zero-order valence-electron chi connectivity index (χ0n) is 8.57. The van der Waals surface area contributed by atoms with Gasteiger partial charge in [-0.05, 0) is 24.3 Å². The number of hydrogen-bond donors (Lipinski definition) is 3. The fourth-order valence-electron chi connectivity index (χ4n) is 0.922. The molecule has 0 atom stereocenters. The van der Waals surface area contributed by atoms with Crippen LogP contribution in [0, 0.1) is 0 Å². The van der Waals surface area contributed by atoms with Crippen LogP contribution in [0.25, 0.3) is 0 Å². The van der Waals surface area contributed by atoms with Gasteiger partial charge in [-0.2, -0.15) is 0 Å². The van der Waals surface area contributed by atoms with E-state index in [2.05, 4.69) is 15.4 Å². The van der Waals surface area contributed by atoms with Crippen LogP contribution in [0.4, 0.5) is 0 Å². The van der Waals surface area contributed by atoms with Gasteiger partial charge in [-0.1, -0.05) is 5.21 Å². The molecule has 7 heteroatoms. The molecule has 0 spiro atoms. The lowest BCUT2D eigenvalue weighted by Crippen LogP contribution is -1.99. The molecule has 0 saturated carbocycles. The van der Waals surface area contributed by atoms with E-state index in [0.29, 0.717) is 0 Å². The Hall–Kier alpha value is -2.70. The van der Waals surface area contributed by atoms with Crippen molar-refractivity contribution in [1.82, 2.24) is 15.4 Å². The SMILES string of the molecule is O=C(O)c1ccc(C(=O)O)cc1.c1c[nH]nn1. The maximum absolute atomic E-state index is 10.3. The lowest BCUT2D eigenvalue weighted by Gasteiger charge is -1.94. The van der Waals surface area contributed by atoms with Gasteiger partial charge in [0.25, 0.3) is 0 Å². The third-order valence-electron chi connectivity index (χ3n) is 1.71. The summed E-state index contributed by atoms with van der Waals surface area (Å²) < 4.78 is 0. The largest absolute Gasteiger partial charge is 0.478 e. The van der Waals surface area contributed by atoms with Crippen LogP contribution in [0.15, 0.2) is 36.7 Å². The normalized spacial score (nSPS) is 8.94. The molecule has 0 amide bonds. The van der Waals surface area contributed by atoms with E-state index in [-0.39, 0.29) is 11.1 Å². The van der Waals surface area contributed by atoms with Gasteiger partial charge in [-0.3, -0.25) is 5.10 Å². The first-order valence-corrected chi connectivity index (χ1v) is 4.48. The van der Waals surface area contributed by atoms with Crippen LogP contribution < -0.4 is 0 Å². The van der Waals surface area contributed by atoms with Crippen molar-refractivity contribution in [2.75, 3.05) is 0 Å². The van der Waals surface area contributed by atoms with E-state index in [1.54, 1.807) is 12.4 Å². The van der Waals surface area contributed by atoms with E-state index >= 15 is 0 Å². The van der Waals surface area contributed by atoms with E-state index in [9.17, 15) is 9.59 Å². The summed E-state index contributed by atoms with van der Waals surface area (Å²) in [6, 6.07) is 5.02. The van der Waals surface area contributed by atoms with Crippen LogP contribution in [-0.4, -0.2) is 37.6 Å². The highest BCUT2D eigenvalue weighted by Gasteiger charge is 2.04. The molecule has 2 rings (SSSR count). The molecule has 2 aromatic rings. The summed E-state index contributed by atoms with van der Waals surface area (Å²) in [6.07, 6.45) is 3.24. The van der Waals surface area contributed by atoms with Crippen LogP contribution in [0.2, 0.25) is 0 Å². The first-order chi connectivity index (χ1) is 8.11. The maximum Gasteiger partial charge on any atom is 0.335 e.